The summed E-state index contributed by atoms with van der Waals surface area (Å²) in [5.74, 6) is 1.44. The van der Waals surface area contributed by atoms with Gasteiger partial charge in [0.15, 0.2) is 21.3 Å². The van der Waals surface area contributed by atoms with Crippen LogP contribution >= 0.6 is 0 Å². The number of hydrogen-bond donors (Lipinski definition) is 3. The first-order chi connectivity index (χ1) is 9.57. The zero-order chi connectivity index (χ0) is 14.2. The molecule has 1 aliphatic rings. The van der Waals surface area contributed by atoms with Gasteiger partial charge < -0.3 is 15.6 Å². The third-order valence-corrected chi connectivity index (χ3v) is 4.96. The van der Waals surface area contributed by atoms with Crippen LogP contribution in [0.4, 0.5) is 11.8 Å². The fourth-order valence-corrected chi connectivity index (χ4v) is 3.95. The maximum Gasteiger partial charge on any atom is 0.226 e. The normalized spacial score (nSPS) is 21.1. The van der Waals surface area contributed by atoms with Crippen LogP contribution in [0.1, 0.15) is 13.3 Å². The second kappa shape index (κ2) is 4.89. The Labute approximate surface area is 116 Å². The van der Waals surface area contributed by atoms with Gasteiger partial charge in [0.05, 0.1) is 17.8 Å². The zero-order valence-electron chi connectivity index (χ0n) is 11.0. The molecule has 0 aromatic carbocycles. The SMILES string of the molecule is CCNc1nc(NC2CCS(=O)(=O)C2)c2[nH]cnc2n1. The van der Waals surface area contributed by atoms with Gasteiger partial charge in [-0.25, -0.2) is 13.4 Å². The maximum atomic E-state index is 11.5. The van der Waals surface area contributed by atoms with Gasteiger partial charge in [-0.15, -0.1) is 0 Å². The molecule has 20 heavy (non-hydrogen) atoms. The third-order valence-electron chi connectivity index (χ3n) is 3.19. The van der Waals surface area contributed by atoms with Gasteiger partial charge in [0.2, 0.25) is 5.95 Å². The van der Waals surface area contributed by atoms with Crippen molar-refractivity contribution in [1.82, 2.24) is 19.9 Å². The quantitative estimate of drug-likeness (QED) is 0.747. The van der Waals surface area contributed by atoms with Gasteiger partial charge >= 0.3 is 0 Å². The maximum absolute atomic E-state index is 11.5. The Kier molecular flexibility index (Phi) is 3.20. The van der Waals surface area contributed by atoms with Crippen LogP contribution in [0.2, 0.25) is 0 Å². The molecule has 2 aromatic rings. The van der Waals surface area contributed by atoms with E-state index in [0.717, 1.165) is 0 Å². The molecule has 3 N–H and O–H groups in total. The lowest BCUT2D eigenvalue weighted by Crippen LogP contribution is -2.22. The highest BCUT2D eigenvalue weighted by Crippen LogP contribution is 2.22. The Morgan fingerprint density at radius 3 is 3.00 bits per heavy atom. The number of rotatable bonds is 4. The molecular weight excluding hydrogens is 280 g/mol. The largest absolute Gasteiger partial charge is 0.364 e. The average Bonchev–Trinajstić information content (AvgIpc) is 2.96. The van der Waals surface area contributed by atoms with Crippen molar-refractivity contribution in [3.05, 3.63) is 6.33 Å². The lowest BCUT2D eigenvalue weighted by molar-refractivity contribution is 0.602. The molecule has 0 saturated carbocycles. The number of anilines is 2. The summed E-state index contributed by atoms with van der Waals surface area (Å²) in [4.78, 5) is 15.7. The molecule has 1 unspecified atom stereocenters. The highest BCUT2D eigenvalue weighted by atomic mass is 32.2. The minimum absolute atomic E-state index is 0.115. The lowest BCUT2D eigenvalue weighted by atomic mass is 10.2. The van der Waals surface area contributed by atoms with Gasteiger partial charge in [-0.05, 0) is 13.3 Å². The van der Waals surface area contributed by atoms with Gasteiger partial charge in [0.25, 0.3) is 0 Å². The number of nitrogens with zero attached hydrogens (tertiary/aromatic N) is 3. The average molecular weight is 296 g/mol. The number of aromatic amines is 1. The summed E-state index contributed by atoms with van der Waals surface area (Å²) in [6.07, 6.45) is 2.14. The van der Waals surface area contributed by atoms with Crippen LogP contribution < -0.4 is 10.6 Å². The van der Waals surface area contributed by atoms with Crippen LogP contribution in [-0.4, -0.2) is 52.4 Å². The van der Waals surface area contributed by atoms with Gasteiger partial charge in [-0.2, -0.15) is 9.97 Å². The van der Waals surface area contributed by atoms with E-state index in [2.05, 4.69) is 30.6 Å². The monoisotopic (exact) mass is 296 g/mol. The van der Waals surface area contributed by atoms with Crippen molar-refractivity contribution in [3.8, 4) is 0 Å². The minimum atomic E-state index is -2.92. The summed E-state index contributed by atoms with van der Waals surface area (Å²) in [5, 5.41) is 6.22. The zero-order valence-corrected chi connectivity index (χ0v) is 11.9. The number of H-pyrrole nitrogens is 1. The van der Waals surface area contributed by atoms with Crippen molar-refractivity contribution in [1.29, 1.82) is 0 Å². The molecule has 0 bridgehead atoms. The number of imidazole rings is 1. The first-order valence-electron chi connectivity index (χ1n) is 6.49. The summed E-state index contributed by atoms with van der Waals surface area (Å²) < 4.78 is 23.0. The molecule has 2 aromatic heterocycles. The number of hydrogen-bond acceptors (Lipinski definition) is 7. The van der Waals surface area contributed by atoms with E-state index < -0.39 is 9.84 Å². The first-order valence-corrected chi connectivity index (χ1v) is 8.31. The summed E-state index contributed by atoms with van der Waals surface area (Å²) in [7, 11) is -2.92. The van der Waals surface area contributed by atoms with Crippen LogP contribution in [0.3, 0.4) is 0 Å². The summed E-state index contributed by atoms with van der Waals surface area (Å²) >= 11 is 0. The topological polar surface area (TPSA) is 113 Å². The second-order valence-electron chi connectivity index (χ2n) is 4.77. The molecule has 3 rings (SSSR count). The molecule has 0 aliphatic carbocycles. The molecule has 8 nitrogen and oxygen atoms in total. The van der Waals surface area contributed by atoms with Crippen LogP contribution in [0.15, 0.2) is 6.33 Å². The van der Waals surface area contributed by atoms with E-state index in [4.69, 9.17) is 0 Å². The van der Waals surface area contributed by atoms with Crippen molar-refractivity contribution in [3.63, 3.8) is 0 Å². The van der Waals surface area contributed by atoms with Crippen LogP contribution in [0.5, 0.6) is 0 Å². The van der Waals surface area contributed by atoms with Crippen molar-refractivity contribution < 1.29 is 8.42 Å². The molecule has 1 fully saturated rings. The predicted octanol–water partition coefficient (Wildman–Crippen LogP) is 0.384. The van der Waals surface area contributed by atoms with E-state index in [1.165, 1.54) is 0 Å². The summed E-state index contributed by atoms with van der Waals surface area (Å²) in [6, 6.07) is -0.115. The predicted molar refractivity (Wildman–Crippen MR) is 76.5 cm³/mol. The molecule has 0 spiro atoms. The van der Waals surface area contributed by atoms with Crippen molar-refractivity contribution in [2.45, 2.75) is 19.4 Å². The molecule has 108 valence electrons. The van der Waals surface area contributed by atoms with E-state index in [0.29, 0.717) is 35.9 Å². The van der Waals surface area contributed by atoms with E-state index in [-0.39, 0.29) is 17.5 Å². The van der Waals surface area contributed by atoms with E-state index in [1.54, 1.807) is 6.33 Å². The molecule has 0 radical (unpaired) electrons. The van der Waals surface area contributed by atoms with Gasteiger partial charge in [0, 0.05) is 12.6 Å². The number of sulfone groups is 1. The van der Waals surface area contributed by atoms with Crippen molar-refractivity contribution in [2.75, 3.05) is 28.7 Å². The van der Waals surface area contributed by atoms with Crippen LogP contribution in [0.25, 0.3) is 11.2 Å². The Bertz CT molecular complexity index is 726. The van der Waals surface area contributed by atoms with E-state index in [1.807, 2.05) is 6.92 Å². The first kappa shape index (κ1) is 13.1. The number of aromatic nitrogens is 4. The number of fused-ring (bicyclic) bond motifs is 1. The van der Waals surface area contributed by atoms with Gasteiger partial charge in [0.1, 0.15) is 5.52 Å². The fraction of sp³-hybridized carbons (Fsp3) is 0.545. The summed E-state index contributed by atoms with van der Waals surface area (Å²) in [5.41, 5.74) is 1.25. The van der Waals surface area contributed by atoms with Crippen molar-refractivity contribution in [2.24, 2.45) is 0 Å². The Morgan fingerprint density at radius 2 is 2.30 bits per heavy atom. The lowest BCUT2D eigenvalue weighted by Gasteiger charge is -2.13. The summed E-state index contributed by atoms with van der Waals surface area (Å²) in [6.45, 7) is 2.65. The van der Waals surface area contributed by atoms with E-state index in [9.17, 15) is 8.42 Å². The molecule has 0 amide bonds. The highest BCUT2D eigenvalue weighted by Gasteiger charge is 2.28. The third kappa shape index (κ3) is 2.53. The molecule has 1 saturated heterocycles. The number of nitrogens with one attached hydrogen (secondary N) is 3. The van der Waals surface area contributed by atoms with Crippen LogP contribution in [0, 0.1) is 0 Å². The van der Waals surface area contributed by atoms with Gasteiger partial charge in [-0.1, -0.05) is 0 Å². The molecule has 9 heteroatoms. The molecule has 1 aliphatic heterocycles. The standard InChI is InChI=1S/C11H16N6O2S/c1-2-12-11-16-9-8(13-6-14-9)10(17-11)15-7-3-4-20(18,19)5-7/h6-7H,2-5H2,1H3,(H3,12,13,14,15,16,17). The second-order valence-corrected chi connectivity index (χ2v) is 7.00. The van der Waals surface area contributed by atoms with E-state index >= 15 is 0 Å². The smallest absolute Gasteiger partial charge is 0.226 e. The Hall–Kier alpha value is -1.90. The van der Waals surface area contributed by atoms with Crippen LogP contribution in [-0.2, 0) is 9.84 Å². The molecule has 3 heterocycles. The fourth-order valence-electron chi connectivity index (χ4n) is 2.28. The Morgan fingerprint density at radius 1 is 1.45 bits per heavy atom. The van der Waals surface area contributed by atoms with Gasteiger partial charge in [-0.3, -0.25) is 0 Å². The Balaban J connectivity index is 1.91. The minimum Gasteiger partial charge on any atom is -0.364 e. The highest BCUT2D eigenvalue weighted by molar-refractivity contribution is 7.91. The molecular formula is C11H16N6O2S. The molecule has 1 atom stereocenters. The van der Waals surface area contributed by atoms with Crippen molar-refractivity contribution >= 4 is 32.8 Å².